The second-order valence-electron chi connectivity index (χ2n) is 11.0. The molecule has 0 aliphatic carbocycles. The fourth-order valence-electron chi connectivity index (χ4n) is 4.07. The van der Waals surface area contributed by atoms with Crippen molar-refractivity contribution in [2.24, 2.45) is 0 Å². The molecule has 0 aromatic heterocycles. The van der Waals surface area contributed by atoms with Crippen molar-refractivity contribution in [1.29, 1.82) is 0 Å². The molecule has 3 N–H and O–H groups in total. The lowest BCUT2D eigenvalue weighted by atomic mass is 9.88. The van der Waals surface area contributed by atoms with E-state index in [4.69, 9.17) is 4.74 Å². The molecule has 0 bridgehead atoms. The third-order valence-corrected chi connectivity index (χ3v) is 6.33. The van der Waals surface area contributed by atoms with E-state index >= 15 is 0 Å². The summed E-state index contributed by atoms with van der Waals surface area (Å²) in [5, 5.41) is 15.6. The zero-order chi connectivity index (χ0) is 27.7. The molecule has 2 unspecified atom stereocenters. The maximum absolute atomic E-state index is 14.0. The largest absolute Gasteiger partial charge is 0.444 e. The maximum atomic E-state index is 14.0. The van der Waals surface area contributed by atoms with Crippen molar-refractivity contribution in [3.8, 4) is 0 Å². The quantitative estimate of drug-likeness (QED) is 0.361. The molecule has 1 aromatic carbocycles. The minimum atomic E-state index is -1.27. The Labute approximate surface area is 217 Å². The number of hydrogen-bond donors (Lipinski definition) is 3. The highest BCUT2D eigenvalue weighted by atomic mass is 16.6. The highest BCUT2D eigenvalue weighted by molar-refractivity contribution is 5.93. The molecular weight excluding hydrogens is 458 g/mol. The molecule has 204 valence electrons. The van der Waals surface area contributed by atoms with E-state index in [1.807, 2.05) is 52.8 Å². The van der Waals surface area contributed by atoms with Gasteiger partial charge in [0.25, 0.3) is 0 Å². The van der Waals surface area contributed by atoms with Gasteiger partial charge in [0.05, 0.1) is 6.61 Å². The predicted molar refractivity (Wildman–Crippen MR) is 143 cm³/mol. The lowest BCUT2D eigenvalue weighted by Gasteiger charge is -2.45. The lowest BCUT2D eigenvalue weighted by molar-refractivity contribution is -0.150. The van der Waals surface area contributed by atoms with Gasteiger partial charge < -0.3 is 25.4 Å². The number of carbonyl (C=O) groups excluding carboxylic acids is 3. The monoisotopic (exact) mass is 505 g/mol. The van der Waals surface area contributed by atoms with Crippen LogP contribution in [0, 0.1) is 13.8 Å². The molecule has 0 aliphatic rings. The summed E-state index contributed by atoms with van der Waals surface area (Å²) in [4.78, 5) is 41.8. The summed E-state index contributed by atoms with van der Waals surface area (Å²) < 4.78 is 5.31. The molecule has 36 heavy (non-hydrogen) atoms. The van der Waals surface area contributed by atoms with Crippen molar-refractivity contribution in [3.05, 3.63) is 34.9 Å². The van der Waals surface area contributed by atoms with Crippen LogP contribution < -0.4 is 10.6 Å². The fourth-order valence-corrected chi connectivity index (χ4v) is 4.07. The van der Waals surface area contributed by atoms with Crippen molar-refractivity contribution in [2.75, 3.05) is 13.2 Å². The summed E-state index contributed by atoms with van der Waals surface area (Å²) in [5.41, 5.74) is 0.979. The number of rotatable bonds is 12. The average molecular weight is 506 g/mol. The Morgan fingerprint density at radius 2 is 1.61 bits per heavy atom. The highest BCUT2D eigenvalue weighted by Gasteiger charge is 2.43. The molecule has 8 nitrogen and oxygen atoms in total. The molecule has 0 radical (unpaired) electrons. The molecule has 2 atom stereocenters. The molecule has 0 heterocycles. The number of carbonyl (C=O) groups is 3. The molecule has 0 spiro atoms. The van der Waals surface area contributed by atoms with Crippen molar-refractivity contribution < 1.29 is 24.2 Å². The van der Waals surface area contributed by atoms with E-state index in [0.29, 0.717) is 13.0 Å². The molecule has 0 saturated heterocycles. The van der Waals surface area contributed by atoms with E-state index in [2.05, 4.69) is 17.6 Å². The van der Waals surface area contributed by atoms with Crippen LogP contribution in [0.2, 0.25) is 0 Å². The fraction of sp³-hybridized carbons (Fsp3) is 0.679. The zero-order valence-corrected chi connectivity index (χ0v) is 23.7. The van der Waals surface area contributed by atoms with Gasteiger partial charge in [0.15, 0.2) is 0 Å². The van der Waals surface area contributed by atoms with Crippen LogP contribution >= 0.6 is 0 Å². The predicted octanol–water partition coefficient (Wildman–Crippen LogP) is 4.55. The first-order valence-corrected chi connectivity index (χ1v) is 13.0. The normalized spacial score (nSPS) is 13.5. The summed E-state index contributed by atoms with van der Waals surface area (Å²) in [6.07, 6.45) is 2.60. The van der Waals surface area contributed by atoms with Gasteiger partial charge in [-0.1, -0.05) is 44.9 Å². The molecule has 0 saturated carbocycles. The van der Waals surface area contributed by atoms with E-state index in [0.717, 1.165) is 36.0 Å². The summed E-state index contributed by atoms with van der Waals surface area (Å²) >= 11 is 0. The number of hydrogen-bond acceptors (Lipinski definition) is 5. The second kappa shape index (κ2) is 13.6. The van der Waals surface area contributed by atoms with Gasteiger partial charge in [-0.05, 0) is 78.0 Å². The van der Waals surface area contributed by atoms with Gasteiger partial charge in [0.1, 0.15) is 17.7 Å². The van der Waals surface area contributed by atoms with E-state index < -0.39 is 41.8 Å². The molecule has 1 aromatic rings. The van der Waals surface area contributed by atoms with Gasteiger partial charge in [0.2, 0.25) is 11.8 Å². The van der Waals surface area contributed by atoms with Crippen molar-refractivity contribution in [3.63, 3.8) is 0 Å². The number of amides is 3. The smallest absolute Gasteiger partial charge is 0.408 e. The highest BCUT2D eigenvalue weighted by Crippen LogP contribution is 2.35. The Kier molecular flexibility index (Phi) is 11.9. The van der Waals surface area contributed by atoms with E-state index in [1.54, 1.807) is 20.8 Å². The number of nitrogens with zero attached hydrogens (tertiary/aromatic N) is 1. The Hall–Kier alpha value is -2.61. The molecule has 8 heteroatoms. The van der Waals surface area contributed by atoms with Gasteiger partial charge >= 0.3 is 6.09 Å². The molecular formula is C28H47N3O5. The summed E-state index contributed by atoms with van der Waals surface area (Å²) in [5.74, 6) is -0.834. The zero-order valence-electron chi connectivity index (χ0n) is 23.7. The van der Waals surface area contributed by atoms with Crippen LogP contribution in [-0.4, -0.2) is 58.2 Å². The van der Waals surface area contributed by atoms with Crippen LogP contribution in [0.4, 0.5) is 4.79 Å². The minimum absolute atomic E-state index is 0.285. The third-order valence-electron chi connectivity index (χ3n) is 6.33. The van der Waals surface area contributed by atoms with Crippen LogP contribution in [0.1, 0.15) is 96.9 Å². The average Bonchev–Trinajstić information content (AvgIpc) is 2.77. The number of aliphatic hydroxyl groups excluding tert-OH is 1. The van der Waals surface area contributed by atoms with Gasteiger partial charge in [0, 0.05) is 12.1 Å². The Morgan fingerprint density at radius 1 is 1.03 bits per heavy atom. The first kappa shape index (κ1) is 31.4. The van der Waals surface area contributed by atoms with Crippen LogP contribution in [0.25, 0.3) is 0 Å². The molecule has 3 amide bonds. The number of aryl methyl sites for hydroxylation is 2. The summed E-state index contributed by atoms with van der Waals surface area (Å²) in [7, 11) is 0. The number of alkyl carbamates (subject to hydrolysis) is 1. The molecule has 0 aliphatic heterocycles. The first-order valence-electron chi connectivity index (χ1n) is 13.0. The van der Waals surface area contributed by atoms with E-state index in [9.17, 15) is 19.5 Å². The van der Waals surface area contributed by atoms with Gasteiger partial charge in [-0.3, -0.25) is 9.59 Å². The summed E-state index contributed by atoms with van der Waals surface area (Å²) in [6, 6.07) is 3.55. The number of aliphatic hydroxyl groups is 1. The summed E-state index contributed by atoms with van der Waals surface area (Å²) in [6.45, 7) is 16.7. The minimum Gasteiger partial charge on any atom is -0.444 e. The first-order chi connectivity index (χ1) is 16.7. The van der Waals surface area contributed by atoms with Crippen LogP contribution in [0.15, 0.2) is 18.2 Å². The number of benzene rings is 1. The van der Waals surface area contributed by atoms with Gasteiger partial charge in [-0.15, -0.1) is 0 Å². The second-order valence-corrected chi connectivity index (χ2v) is 11.0. The number of unbranched alkanes of at least 4 members (excludes halogenated alkanes) is 2. The lowest BCUT2D eigenvalue weighted by Crippen LogP contribution is -2.60. The topological polar surface area (TPSA) is 108 Å². The molecule has 1 rings (SSSR count). The van der Waals surface area contributed by atoms with Crippen LogP contribution in [0.3, 0.4) is 0 Å². The van der Waals surface area contributed by atoms with Crippen molar-refractivity contribution >= 4 is 17.9 Å². The van der Waals surface area contributed by atoms with E-state index in [1.165, 1.54) is 4.90 Å². The third kappa shape index (κ3) is 8.80. The van der Waals surface area contributed by atoms with Gasteiger partial charge in [-0.2, -0.15) is 0 Å². The molecule has 0 fully saturated rings. The van der Waals surface area contributed by atoms with Crippen LogP contribution in [0.5, 0.6) is 0 Å². The standard InChI is InChI=1S/C28H47N3O5/c1-10-12-13-17-29-24(33)23(22-19(3)15-14-16-20(22)4)31(28(8,9)11-2)25(34)21(18-32)30-26(35)36-27(5,6)7/h14-16,21,23,32H,10-13,17-18H2,1-9H3,(H,29,33)(H,30,35). The maximum Gasteiger partial charge on any atom is 0.408 e. The van der Waals surface area contributed by atoms with Crippen molar-refractivity contribution in [2.45, 2.75) is 111 Å². The van der Waals surface area contributed by atoms with Gasteiger partial charge in [-0.25, -0.2) is 4.79 Å². The SMILES string of the molecule is CCCCCNC(=O)C(c1c(C)cccc1C)N(C(=O)C(CO)NC(=O)OC(C)(C)C)C(C)(C)CC. The van der Waals surface area contributed by atoms with Crippen LogP contribution in [-0.2, 0) is 14.3 Å². The number of ether oxygens (including phenoxy) is 1. The Bertz CT molecular complexity index is 871. The number of nitrogens with one attached hydrogen (secondary N) is 2. The van der Waals surface area contributed by atoms with E-state index in [-0.39, 0.29) is 5.91 Å². The Balaban J connectivity index is 3.57. The Morgan fingerprint density at radius 3 is 2.08 bits per heavy atom. The van der Waals surface area contributed by atoms with Crippen molar-refractivity contribution in [1.82, 2.24) is 15.5 Å².